The second kappa shape index (κ2) is 10.2. The lowest BCUT2D eigenvalue weighted by molar-refractivity contribution is -0.135. The predicted octanol–water partition coefficient (Wildman–Crippen LogP) is 4.13. The zero-order valence-electron chi connectivity index (χ0n) is 19.2. The molecule has 9 nitrogen and oxygen atoms in total. The lowest BCUT2D eigenvalue weighted by Crippen LogP contribution is -2.41. The number of likely N-dealkylation sites (tertiary alicyclic amines) is 1. The molecule has 5 rings (SSSR count). The number of benzene rings is 2. The monoisotopic (exact) mass is 492 g/mol. The Balaban J connectivity index is 1.12. The third kappa shape index (κ3) is 5.48. The van der Waals surface area contributed by atoms with Crippen molar-refractivity contribution in [2.24, 2.45) is 0 Å². The maximum atomic E-state index is 12.8. The number of aromatic nitrogens is 3. The molecular weight excluding hydrogens is 468 g/mol. The summed E-state index contributed by atoms with van der Waals surface area (Å²) < 4.78 is 16.9. The number of para-hydroxylation sites is 1. The van der Waals surface area contributed by atoms with E-state index in [2.05, 4.69) is 16.2 Å². The second-order valence-electron chi connectivity index (χ2n) is 8.32. The maximum Gasteiger partial charge on any atom is 0.338 e. The van der Waals surface area contributed by atoms with Crippen LogP contribution in [-0.2, 0) is 16.1 Å². The summed E-state index contributed by atoms with van der Waals surface area (Å²) in [4.78, 5) is 35.8. The average Bonchev–Trinajstić information content (AvgIpc) is 3.52. The molecule has 0 aliphatic carbocycles. The molecule has 0 radical (unpaired) electrons. The number of carbonyl (C=O) groups is 2. The van der Waals surface area contributed by atoms with Gasteiger partial charge in [-0.3, -0.25) is 4.79 Å². The number of fused-ring (bicyclic) bond motifs is 1. The molecule has 180 valence electrons. The number of nitrogens with zero attached hydrogens (tertiary/aromatic N) is 4. The zero-order valence-corrected chi connectivity index (χ0v) is 20.0. The van der Waals surface area contributed by atoms with Gasteiger partial charge < -0.3 is 18.9 Å². The first kappa shape index (κ1) is 23.0. The number of rotatable bonds is 7. The molecule has 1 aliphatic heterocycles. The van der Waals surface area contributed by atoms with Crippen LogP contribution in [0.1, 0.15) is 45.8 Å². The fraction of sp³-hybridized carbons (Fsp3) is 0.320. The fourth-order valence-electron chi connectivity index (χ4n) is 4.01. The summed E-state index contributed by atoms with van der Waals surface area (Å²) in [5.74, 6) is 0.901. The minimum atomic E-state index is -0.557. The fourth-order valence-corrected chi connectivity index (χ4v) is 5.10. The van der Waals surface area contributed by atoms with Crippen LogP contribution in [0.5, 0.6) is 5.75 Å². The third-order valence-electron chi connectivity index (χ3n) is 5.79. The molecule has 1 saturated heterocycles. The summed E-state index contributed by atoms with van der Waals surface area (Å²) in [7, 11) is 0. The summed E-state index contributed by atoms with van der Waals surface area (Å²) in [5.41, 5.74) is 1.33. The molecule has 10 heteroatoms. The van der Waals surface area contributed by atoms with Crippen molar-refractivity contribution >= 4 is 33.4 Å². The van der Waals surface area contributed by atoms with Crippen molar-refractivity contribution in [1.29, 1.82) is 0 Å². The Kier molecular flexibility index (Phi) is 6.71. The Morgan fingerprint density at radius 2 is 1.97 bits per heavy atom. The Morgan fingerprint density at radius 3 is 2.74 bits per heavy atom. The van der Waals surface area contributed by atoms with E-state index in [1.807, 2.05) is 18.2 Å². The van der Waals surface area contributed by atoms with E-state index in [1.165, 1.54) is 0 Å². The van der Waals surface area contributed by atoms with E-state index in [0.717, 1.165) is 28.1 Å². The van der Waals surface area contributed by atoms with Crippen LogP contribution in [0.25, 0.3) is 10.2 Å². The highest BCUT2D eigenvalue weighted by molar-refractivity contribution is 7.18. The van der Waals surface area contributed by atoms with Gasteiger partial charge in [0.2, 0.25) is 11.7 Å². The highest BCUT2D eigenvalue weighted by atomic mass is 32.1. The molecule has 0 spiro atoms. The maximum absolute atomic E-state index is 12.8. The first-order chi connectivity index (χ1) is 17.0. The van der Waals surface area contributed by atoms with Crippen LogP contribution in [0.15, 0.2) is 53.1 Å². The number of hydrogen-bond donors (Lipinski definition) is 0. The molecule has 0 bridgehead atoms. The number of hydrogen-bond acceptors (Lipinski definition) is 9. The van der Waals surface area contributed by atoms with E-state index in [0.29, 0.717) is 36.1 Å². The molecule has 1 fully saturated rings. The summed E-state index contributed by atoms with van der Waals surface area (Å²) in [6, 6.07) is 14.5. The molecule has 1 aliphatic rings. The van der Waals surface area contributed by atoms with E-state index in [-0.39, 0.29) is 25.0 Å². The minimum Gasteiger partial charge on any atom is -0.485 e. The van der Waals surface area contributed by atoms with Gasteiger partial charge in [0.15, 0.2) is 13.2 Å². The third-order valence-corrected chi connectivity index (χ3v) is 6.99. The largest absolute Gasteiger partial charge is 0.485 e. The van der Waals surface area contributed by atoms with E-state index in [9.17, 15) is 9.59 Å². The average molecular weight is 493 g/mol. The molecule has 1 atom stereocenters. The van der Waals surface area contributed by atoms with Gasteiger partial charge in [-0.25, -0.2) is 9.78 Å². The molecule has 2 aromatic heterocycles. The highest BCUT2D eigenvalue weighted by Gasteiger charge is 2.27. The molecule has 3 heterocycles. The predicted molar refractivity (Wildman–Crippen MR) is 128 cm³/mol. The van der Waals surface area contributed by atoms with Crippen LogP contribution in [0.4, 0.5) is 0 Å². The van der Waals surface area contributed by atoms with Gasteiger partial charge in [-0.2, -0.15) is 4.98 Å². The van der Waals surface area contributed by atoms with Gasteiger partial charge in [0.25, 0.3) is 5.91 Å². The summed E-state index contributed by atoms with van der Waals surface area (Å²) in [5, 5.41) is 4.82. The number of ether oxygens (including phenoxy) is 2. The van der Waals surface area contributed by atoms with E-state index >= 15 is 0 Å². The van der Waals surface area contributed by atoms with Crippen LogP contribution in [-0.4, -0.2) is 51.6 Å². The molecule has 0 saturated carbocycles. The number of carbonyl (C=O) groups excluding carboxylic acids is 2. The van der Waals surface area contributed by atoms with Crippen LogP contribution >= 0.6 is 11.3 Å². The summed E-state index contributed by atoms with van der Waals surface area (Å²) >= 11 is 1.68. The van der Waals surface area contributed by atoms with Crippen molar-refractivity contribution < 1.29 is 23.6 Å². The van der Waals surface area contributed by atoms with Crippen molar-refractivity contribution in [3.05, 3.63) is 70.8 Å². The smallest absolute Gasteiger partial charge is 0.338 e. The Morgan fingerprint density at radius 1 is 1.14 bits per heavy atom. The quantitative estimate of drug-likeness (QED) is 0.355. The normalized spacial score (nSPS) is 15.8. The zero-order chi connectivity index (χ0) is 24.2. The van der Waals surface area contributed by atoms with Gasteiger partial charge in [-0.15, -0.1) is 11.3 Å². The Hall–Kier alpha value is -3.79. The van der Waals surface area contributed by atoms with Crippen LogP contribution < -0.4 is 4.74 Å². The molecule has 35 heavy (non-hydrogen) atoms. The summed E-state index contributed by atoms with van der Waals surface area (Å²) in [6.45, 7) is 2.81. The van der Waals surface area contributed by atoms with Crippen molar-refractivity contribution in [2.45, 2.75) is 32.3 Å². The number of piperidine rings is 1. The van der Waals surface area contributed by atoms with Crippen molar-refractivity contribution in [1.82, 2.24) is 20.0 Å². The van der Waals surface area contributed by atoms with Crippen LogP contribution in [0, 0.1) is 6.92 Å². The van der Waals surface area contributed by atoms with E-state index < -0.39 is 5.97 Å². The summed E-state index contributed by atoms with van der Waals surface area (Å²) in [6.07, 6.45) is 1.88. The minimum absolute atomic E-state index is 0.156. The Bertz CT molecular complexity index is 1300. The SMILES string of the molecule is Cc1nc(COc2ccc(C(=O)OCC(=O)N3CCCC(c4nc5ccccc5s4)C3)cc2)no1. The first-order valence-corrected chi connectivity index (χ1v) is 12.2. The van der Waals surface area contributed by atoms with E-state index in [1.54, 1.807) is 47.4 Å². The molecule has 1 unspecified atom stereocenters. The van der Waals surface area contributed by atoms with Crippen molar-refractivity contribution in [3.63, 3.8) is 0 Å². The topological polar surface area (TPSA) is 108 Å². The molecular formula is C25H24N4O5S. The number of aryl methyl sites for hydroxylation is 1. The number of esters is 1. The number of thiazole rings is 1. The molecule has 0 N–H and O–H groups in total. The van der Waals surface area contributed by atoms with Gasteiger partial charge in [-0.05, 0) is 49.2 Å². The first-order valence-electron chi connectivity index (χ1n) is 11.4. The molecule has 1 amide bonds. The van der Waals surface area contributed by atoms with E-state index in [4.69, 9.17) is 19.0 Å². The van der Waals surface area contributed by atoms with Gasteiger partial charge in [0, 0.05) is 25.9 Å². The van der Waals surface area contributed by atoms with Crippen molar-refractivity contribution in [3.8, 4) is 5.75 Å². The van der Waals surface area contributed by atoms with Gasteiger partial charge in [0.1, 0.15) is 5.75 Å². The van der Waals surface area contributed by atoms with Crippen LogP contribution in [0.3, 0.4) is 0 Å². The second-order valence-corrected chi connectivity index (χ2v) is 9.38. The lowest BCUT2D eigenvalue weighted by Gasteiger charge is -2.31. The highest BCUT2D eigenvalue weighted by Crippen LogP contribution is 2.33. The molecule has 2 aromatic carbocycles. The lowest BCUT2D eigenvalue weighted by atomic mass is 9.99. The molecule has 4 aromatic rings. The standard InChI is InChI=1S/C25H24N4O5S/c1-16-26-22(28-34-16)14-32-19-10-8-17(9-11-19)25(31)33-15-23(30)29-12-4-5-18(13-29)24-27-20-6-2-3-7-21(20)35-24/h2-3,6-11,18H,4-5,12-15H2,1H3. The van der Waals surface area contributed by atoms with Gasteiger partial charge in [-0.1, -0.05) is 17.3 Å². The Labute approximate surface area is 205 Å². The number of amides is 1. The van der Waals surface area contributed by atoms with Gasteiger partial charge >= 0.3 is 5.97 Å². The van der Waals surface area contributed by atoms with Crippen LogP contribution in [0.2, 0.25) is 0 Å². The van der Waals surface area contributed by atoms with Crippen molar-refractivity contribution in [2.75, 3.05) is 19.7 Å². The van der Waals surface area contributed by atoms with Gasteiger partial charge in [0.05, 0.1) is 20.8 Å².